The van der Waals surface area contributed by atoms with Crippen LogP contribution in [0.3, 0.4) is 0 Å². The Morgan fingerprint density at radius 2 is 1.69 bits per heavy atom. The first-order valence-electron chi connectivity index (χ1n) is 9.79. The zero-order valence-electron chi connectivity index (χ0n) is 16.5. The molecule has 0 atom stereocenters. The summed E-state index contributed by atoms with van der Waals surface area (Å²) < 4.78 is 11.1. The Morgan fingerprint density at radius 3 is 2.38 bits per heavy atom. The van der Waals surface area contributed by atoms with E-state index in [1.165, 1.54) is 0 Å². The van der Waals surface area contributed by atoms with Crippen molar-refractivity contribution in [3.8, 4) is 22.9 Å². The molecule has 0 fully saturated rings. The molecular weight excluding hydrogens is 366 g/mol. The van der Waals surface area contributed by atoms with E-state index in [0.717, 1.165) is 29.8 Å². The minimum atomic E-state index is -0.154. The van der Waals surface area contributed by atoms with Crippen LogP contribution in [0.1, 0.15) is 30.1 Å². The molecule has 150 valence electrons. The number of rotatable bonds is 10. The molecule has 0 aliphatic heterocycles. The van der Waals surface area contributed by atoms with E-state index in [4.69, 9.17) is 9.47 Å². The van der Waals surface area contributed by atoms with Gasteiger partial charge < -0.3 is 14.8 Å². The van der Waals surface area contributed by atoms with Crippen molar-refractivity contribution in [2.24, 2.45) is 0 Å². The van der Waals surface area contributed by atoms with Crippen LogP contribution in [0.4, 0.5) is 0 Å². The number of amides is 1. The van der Waals surface area contributed by atoms with Crippen molar-refractivity contribution in [3.63, 3.8) is 0 Å². The molecule has 1 aromatic heterocycles. The first-order valence-corrected chi connectivity index (χ1v) is 9.79. The van der Waals surface area contributed by atoms with Gasteiger partial charge in [-0.1, -0.05) is 43.7 Å². The Labute approximate surface area is 170 Å². The van der Waals surface area contributed by atoms with Crippen LogP contribution in [0.2, 0.25) is 0 Å². The van der Waals surface area contributed by atoms with Crippen LogP contribution in [-0.4, -0.2) is 35.9 Å². The average molecular weight is 391 g/mol. The van der Waals surface area contributed by atoms with Gasteiger partial charge in [0, 0.05) is 17.2 Å². The highest BCUT2D eigenvalue weighted by Crippen LogP contribution is 2.17. The quantitative estimate of drug-likeness (QED) is 0.526. The van der Waals surface area contributed by atoms with E-state index < -0.39 is 0 Å². The molecule has 1 heterocycles. The highest BCUT2D eigenvalue weighted by molar-refractivity contribution is 5.94. The Morgan fingerprint density at radius 1 is 0.897 bits per heavy atom. The van der Waals surface area contributed by atoms with Crippen molar-refractivity contribution in [2.45, 2.75) is 19.8 Å². The Hall–Kier alpha value is -3.41. The second-order valence-corrected chi connectivity index (χ2v) is 6.45. The predicted octanol–water partition coefficient (Wildman–Crippen LogP) is 4.13. The Balaban J connectivity index is 1.40. The molecule has 1 amide bonds. The fraction of sp³-hybridized carbons (Fsp3) is 0.261. The normalized spacial score (nSPS) is 10.4. The standard InChI is InChI=1S/C23H25N3O3/c1-2-3-16-28-20-11-9-19(10-12-20)23(27)24-15-17-29-22-14-13-21(25-26-22)18-7-5-4-6-8-18/h4-14H,2-3,15-17H2,1H3,(H,24,27). The van der Waals surface area contributed by atoms with Crippen molar-refractivity contribution in [1.82, 2.24) is 15.5 Å². The third kappa shape index (κ3) is 6.31. The van der Waals surface area contributed by atoms with Crippen LogP contribution in [-0.2, 0) is 0 Å². The van der Waals surface area contributed by atoms with Crippen LogP contribution < -0.4 is 14.8 Å². The minimum Gasteiger partial charge on any atom is -0.494 e. The lowest BCUT2D eigenvalue weighted by atomic mass is 10.1. The van der Waals surface area contributed by atoms with Crippen LogP contribution in [0.25, 0.3) is 11.3 Å². The smallest absolute Gasteiger partial charge is 0.251 e. The number of nitrogens with one attached hydrogen (secondary N) is 1. The number of carbonyl (C=O) groups is 1. The lowest BCUT2D eigenvalue weighted by molar-refractivity contribution is 0.0946. The summed E-state index contributed by atoms with van der Waals surface area (Å²) in [5.74, 6) is 1.04. The van der Waals surface area contributed by atoms with E-state index in [-0.39, 0.29) is 5.91 Å². The third-order valence-electron chi connectivity index (χ3n) is 4.23. The number of nitrogens with zero attached hydrogens (tertiary/aromatic N) is 2. The fourth-order valence-electron chi connectivity index (χ4n) is 2.62. The number of unbranched alkanes of at least 4 members (excludes halogenated alkanes) is 1. The first kappa shape index (κ1) is 20.3. The molecule has 3 rings (SSSR count). The van der Waals surface area contributed by atoms with Crippen molar-refractivity contribution >= 4 is 5.91 Å². The summed E-state index contributed by atoms with van der Waals surface area (Å²) in [7, 11) is 0. The zero-order valence-corrected chi connectivity index (χ0v) is 16.5. The second kappa shape index (κ2) is 10.8. The summed E-state index contributed by atoms with van der Waals surface area (Å²) in [5.41, 5.74) is 2.37. The van der Waals surface area contributed by atoms with Crippen molar-refractivity contribution in [2.75, 3.05) is 19.8 Å². The summed E-state index contributed by atoms with van der Waals surface area (Å²) in [4.78, 5) is 12.2. The van der Waals surface area contributed by atoms with Gasteiger partial charge in [-0.05, 0) is 36.8 Å². The van der Waals surface area contributed by atoms with Gasteiger partial charge in [0.2, 0.25) is 5.88 Å². The van der Waals surface area contributed by atoms with Gasteiger partial charge in [-0.15, -0.1) is 10.2 Å². The van der Waals surface area contributed by atoms with Gasteiger partial charge in [-0.3, -0.25) is 4.79 Å². The van der Waals surface area contributed by atoms with Crippen LogP contribution in [0.5, 0.6) is 11.6 Å². The van der Waals surface area contributed by atoms with Gasteiger partial charge in [0.05, 0.1) is 18.8 Å². The third-order valence-corrected chi connectivity index (χ3v) is 4.23. The maximum absolute atomic E-state index is 12.2. The fourth-order valence-corrected chi connectivity index (χ4v) is 2.62. The Bertz CT molecular complexity index is 882. The molecule has 6 heteroatoms. The van der Waals surface area contributed by atoms with Gasteiger partial charge in [-0.25, -0.2) is 0 Å². The van der Waals surface area contributed by atoms with Crippen LogP contribution in [0.15, 0.2) is 66.7 Å². The molecule has 1 N–H and O–H groups in total. The molecule has 0 unspecified atom stereocenters. The lowest BCUT2D eigenvalue weighted by Crippen LogP contribution is -2.28. The van der Waals surface area contributed by atoms with Crippen molar-refractivity contribution in [3.05, 3.63) is 72.3 Å². The molecule has 6 nitrogen and oxygen atoms in total. The summed E-state index contributed by atoms with van der Waals surface area (Å²) in [6.07, 6.45) is 2.10. The van der Waals surface area contributed by atoms with Gasteiger partial charge in [0.25, 0.3) is 5.91 Å². The summed E-state index contributed by atoms with van der Waals surface area (Å²) in [6, 6.07) is 20.6. The van der Waals surface area contributed by atoms with Crippen molar-refractivity contribution in [1.29, 1.82) is 0 Å². The maximum Gasteiger partial charge on any atom is 0.251 e. The van der Waals surface area contributed by atoms with Gasteiger partial charge in [0.15, 0.2) is 0 Å². The lowest BCUT2D eigenvalue weighted by Gasteiger charge is -2.08. The summed E-state index contributed by atoms with van der Waals surface area (Å²) >= 11 is 0. The highest BCUT2D eigenvalue weighted by atomic mass is 16.5. The predicted molar refractivity (Wildman–Crippen MR) is 112 cm³/mol. The molecule has 0 saturated carbocycles. The van der Waals surface area contributed by atoms with Gasteiger partial charge in [0.1, 0.15) is 12.4 Å². The number of aromatic nitrogens is 2. The molecule has 0 bridgehead atoms. The number of ether oxygens (including phenoxy) is 2. The number of hydrogen-bond acceptors (Lipinski definition) is 5. The molecule has 2 aromatic carbocycles. The molecule has 0 aliphatic rings. The zero-order chi connectivity index (χ0) is 20.3. The largest absolute Gasteiger partial charge is 0.494 e. The number of hydrogen-bond donors (Lipinski definition) is 1. The molecule has 29 heavy (non-hydrogen) atoms. The van der Waals surface area contributed by atoms with Gasteiger partial charge >= 0.3 is 0 Å². The molecule has 0 aliphatic carbocycles. The molecule has 0 spiro atoms. The summed E-state index contributed by atoms with van der Waals surface area (Å²) in [6.45, 7) is 3.49. The monoisotopic (exact) mass is 391 g/mol. The SMILES string of the molecule is CCCCOc1ccc(C(=O)NCCOc2ccc(-c3ccccc3)nn2)cc1. The Kier molecular flexibility index (Phi) is 7.57. The van der Waals surface area contributed by atoms with E-state index in [2.05, 4.69) is 22.4 Å². The van der Waals surface area contributed by atoms with Crippen LogP contribution >= 0.6 is 0 Å². The average Bonchev–Trinajstić information content (AvgIpc) is 2.78. The molecular formula is C23H25N3O3. The van der Waals surface area contributed by atoms with Crippen LogP contribution in [0, 0.1) is 0 Å². The van der Waals surface area contributed by atoms with Gasteiger partial charge in [-0.2, -0.15) is 0 Å². The van der Waals surface area contributed by atoms with E-state index in [9.17, 15) is 4.79 Å². The summed E-state index contributed by atoms with van der Waals surface area (Å²) in [5, 5.41) is 11.1. The number of carbonyl (C=O) groups excluding carboxylic acids is 1. The maximum atomic E-state index is 12.2. The molecule has 0 saturated heterocycles. The molecule has 0 radical (unpaired) electrons. The van der Waals surface area contributed by atoms with Crippen molar-refractivity contribution < 1.29 is 14.3 Å². The van der Waals surface area contributed by atoms with E-state index in [0.29, 0.717) is 31.2 Å². The van der Waals surface area contributed by atoms with E-state index in [1.54, 1.807) is 18.2 Å². The van der Waals surface area contributed by atoms with E-state index in [1.807, 2.05) is 48.5 Å². The number of benzene rings is 2. The first-order chi connectivity index (χ1) is 14.3. The van der Waals surface area contributed by atoms with E-state index >= 15 is 0 Å². The molecule has 3 aromatic rings. The minimum absolute atomic E-state index is 0.154. The topological polar surface area (TPSA) is 73.3 Å². The highest BCUT2D eigenvalue weighted by Gasteiger charge is 2.06. The second-order valence-electron chi connectivity index (χ2n) is 6.45.